The molecule has 1 saturated carbocycles. The Labute approximate surface area is 158 Å². The maximum atomic E-state index is 11.0. The first-order valence-corrected chi connectivity index (χ1v) is 10.3. The summed E-state index contributed by atoms with van der Waals surface area (Å²) in [5, 5.41) is 6.72. The molecule has 6 nitrogen and oxygen atoms in total. The summed E-state index contributed by atoms with van der Waals surface area (Å²) in [7, 11) is -2.95. The number of rotatable bonds is 8. The first-order valence-electron chi connectivity index (χ1n) is 8.21. The maximum Gasteiger partial charge on any atom is 0.191 e. The minimum absolute atomic E-state index is 0. The van der Waals surface area contributed by atoms with Crippen molar-refractivity contribution in [3.8, 4) is 0 Å². The fourth-order valence-corrected chi connectivity index (χ4v) is 2.87. The van der Waals surface area contributed by atoms with Crippen molar-refractivity contribution in [2.45, 2.75) is 45.6 Å². The van der Waals surface area contributed by atoms with Crippen molar-refractivity contribution in [3.05, 3.63) is 0 Å². The van der Waals surface area contributed by atoms with E-state index in [1.165, 1.54) is 31.9 Å². The SMILES string of the molecule is CCNC(=NCCOCCS(C)(=O)=O)NC1CCC(C)CC1.I. The van der Waals surface area contributed by atoms with Crippen molar-refractivity contribution in [1.29, 1.82) is 0 Å². The zero-order valence-corrected chi connectivity index (χ0v) is 17.7. The van der Waals surface area contributed by atoms with Crippen molar-refractivity contribution in [1.82, 2.24) is 10.6 Å². The van der Waals surface area contributed by atoms with Crippen LogP contribution in [0.2, 0.25) is 0 Å². The molecule has 0 aromatic heterocycles. The Bertz CT molecular complexity index is 435. The van der Waals surface area contributed by atoms with E-state index in [1.54, 1.807) is 0 Å². The molecule has 0 radical (unpaired) electrons. The van der Waals surface area contributed by atoms with Crippen LogP contribution in [0.15, 0.2) is 4.99 Å². The van der Waals surface area contributed by atoms with Crippen LogP contribution in [-0.2, 0) is 14.6 Å². The predicted molar refractivity (Wildman–Crippen MR) is 106 cm³/mol. The normalized spacial score (nSPS) is 22.3. The molecule has 0 aromatic rings. The average molecular weight is 461 g/mol. The third kappa shape index (κ3) is 12.0. The summed E-state index contributed by atoms with van der Waals surface area (Å²) >= 11 is 0. The van der Waals surface area contributed by atoms with Gasteiger partial charge in [-0.2, -0.15) is 0 Å². The zero-order valence-electron chi connectivity index (χ0n) is 14.5. The Balaban J connectivity index is 0.00000484. The van der Waals surface area contributed by atoms with E-state index in [9.17, 15) is 8.42 Å². The maximum absolute atomic E-state index is 11.0. The third-order valence-corrected chi connectivity index (χ3v) is 4.71. The molecule has 0 spiro atoms. The van der Waals surface area contributed by atoms with E-state index in [0.717, 1.165) is 18.4 Å². The Morgan fingerprint density at radius 3 is 2.43 bits per heavy atom. The van der Waals surface area contributed by atoms with Crippen LogP contribution in [0, 0.1) is 5.92 Å². The van der Waals surface area contributed by atoms with Crippen molar-refractivity contribution in [3.63, 3.8) is 0 Å². The molecule has 23 heavy (non-hydrogen) atoms. The minimum Gasteiger partial charge on any atom is -0.378 e. The Morgan fingerprint density at radius 2 is 1.87 bits per heavy atom. The number of hydrogen-bond acceptors (Lipinski definition) is 4. The third-order valence-electron chi connectivity index (χ3n) is 3.80. The van der Waals surface area contributed by atoms with Gasteiger partial charge in [-0.3, -0.25) is 4.99 Å². The quantitative estimate of drug-likeness (QED) is 0.250. The summed E-state index contributed by atoms with van der Waals surface area (Å²) in [4.78, 5) is 4.48. The van der Waals surface area contributed by atoms with Crippen LogP contribution in [0.3, 0.4) is 0 Å². The second-order valence-electron chi connectivity index (χ2n) is 6.10. The summed E-state index contributed by atoms with van der Waals surface area (Å²) < 4.78 is 27.2. The number of nitrogens with zero attached hydrogens (tertiary/aromatic N) is 1. The van der Waals surface area contributed by atoms with Crippen LogP contribution in [0.25, 0.3) is 0 Å². The fraction of sp³-hybridized carbons (Fsp3) is 0.933. The molecule has 0 heterocycles. The number of hydrogen-bond donors (Lipinski definition) is 2. The number of nitrogens with one attached hydrogen (secondary N) is 2. The van der Waals surface area contributed by atoms with Crippen molar-refractivity contribution in [2.24, 2.45) is 10.9 Å². The molecular formula is C15H32IN3O3S. The highest BCUT2D eigenvalue weighted by Gasteiger charge is 2.18. The summed E-state index contributed by atoms with van der Waals surface area (Å²) in [6.07, 6.45) is 6.14. The highest BCUT2D eigenvalue weighted by atomic mass is 127. The Hall–Kier alpha value is -0.0900. The molecular weight excluding hydrogens is 429 g/mol. The lowest BCUT2D eigenvalue weighted by Crippen LogP contribution is -2.44. The largest absolute Gasteiger partial charge is 0.378 e. The van der Waals surface area contributed by atoms with E-state index in [1.807, 2.05) is 6.92 Å². The smallest absolute Gasteiger partial charge is 0.191 e. The molecule has 1 rings (SSSR count). The molecule has 8 heteroatoms. The van der Waals surface area contributed by atoms with Gasteiger partial charge in [-0.25, -0.2) is 8.42 Å². The van der Waals surface area contributed by atoms with Crippen LogP contribution in [0.1, 0.15) is 39.5 Å². The molecule has 0 aromatic carbocycles. The Kier molecular flexibility index (Phi) is 12.2. The van der Waals surface area contributed by atoms with Crippen molar-refractivity contribution in [2.75, 3.05) is 38.3 Å². The molecule has 0 atom stereocenters. The Morgan fingerprint density at radius 1 is 1.22 bits per heavy atom. The van der Waals surface area contributed by atoms with Gasteiger partial charge in [-0.05, 0) is 38.5 Å². The van der Waals surface area contributed by atoms with Crippen molar-refractivity contribution < 1.29 is 13.2 Å². The zero-order chi connectivity index (χ0) is 16.4. The lowest BCUT2D eigenvalue weighted by atomic mass is 9.87. The molecule has 1 fully saturated rings. The van der Waals surface area contributed by atoms with Gasteiger partial charge in [0.1, 0.15) is 9.84 Å². The molecule has 0 unspecified atom stereocenters. The first kappa shape index (κ1) is 22.9. The standard InChI is InChI=1S/C15H31N3O3S.HI/c1-4-16-15(18-14-7-5-13(2)6-8-14)17-9-10-21-11-12-22(3,19)20;/h13-14H,4-12H2,1-3H3,(H2,16,17,18);1H. The van der Waals surface area contributed by atoms with Gasteiger partial charge < -0.3 is 15.4 Å². The van der Waals surface area contributed by atoms with Gasteiger partial charge >= 0.3 is 0 Å². The number of aliphatic imine (C=N–C) groups is 1. The van der Waals surface area contributed by atoms with Gasteiger partial charge in [0.05, 0.1) is 25.5 Å². The monoisotopic (exact) mass is 461 g/mol. The van der Waals surface area contributed by atoms with Crippen LogP contribution >= 0.6 is 24.0 Å². The van der Waals surface area contributed by atoms with E-state index < -0.39 is 9.84 Å². The predicted octanol–water partition coefficient (Wildman–Crippen LogP) is 1.80. The summed E-state index contributed by atoms with van der Waals surface area (Å²) in [5.74, 6) is 1.73. The lowest BCUT2D eigenvalue weighted by Gasteiger charge is -2.28. The van der Waals surface area contributed by atoms with Gasteiger partial charge in [0.2, 0.25) is 0 Å². The molecule has 0 aliphatic heterocycles. The highest BCUT2D eigenvalue weighted by molar-refractivity contribution is 14.0. The summed E-state index contributed by atoms with van der Waals surface area (Å²) in [6, 6.07) is 0.500. The second kappa shape index (κ2) is 12.3. The van der Waals surface area contributed by atoms with Gasteiger partial charge in [-0.1, -0.05) is 6.92 Å². The lowest BCUT2D eigenvalue weighted by molar-refractivity contribution is 0.157. The van der Waals surface area contributed by atoms with E-state index >= 15 is 0 Å². The molecule has 2 N–H and O–H groups in total. The van der Waals surface area contributed by atoms with Crippen LogP contribution in [-0.4, -0.2) is 58.7 Å². The van der Waals surface area contributed by atoms with Gasteiger partial charge in [0.15, 0.2) is 5.96 Å². The molecule has 0 bridgehead atoms. The summed E-state index contributed by atoms with van der Waals surface area (Å²) in [6.45, 7) is 6.38. The van der Waals surface area contributed by atoms with Gasteiger partial charge in [-0.15, -0.1) is 24.0 Å². The van der Waals surface area contributed by atoms with E-state index in [2.05, 4.69) is 22.5 Å². The van der Waals surface area contributed by atoms with E-state index in [4.69, 9.17) is 4.74 Å². The molecule has 138 valence electrons. The van der Waals surface area contributed by atoms with Crippen LogP contribution in [0.4, 0.5) is 0 Å². The number of halogens is 1. The fourth-order valence-electron chi connectivity index (χ4n) is 2.45. The van der Waals surface area contributed by atoms with Crippen molar-refractivity contribution >= 4 is 39.8 Å². The van der Waals surface area contributed by atoms with Gasteiger partial charge in [0.25, 0.3) is 0 Å². The van der Waals surface area contributed by atoms with Gasteiger partial charge in [0, 0.05) is 18.8 Å². The van der Waals surface area contributed by atoms with E-state index in [-0.39, 0.29) is 36.3 Å². The number of sulfone groups is 1. The second-order valence-corrected chi connectivity index (χ2v) is 8.36. The molecule has 0 saturated heterocycles. The average Bonchev–Trinajstić information content (AvgIpc) is 2.44. The molecule has 1 aliphatic carbocycles. The van der Waals surface area contributed by atoms with Crippen LogP contribution < -0.4 is 10.6 Å². The summed E-state index contributed by atoms with van der Waals surface area (Å²) in [5.41, 5.74) is 0. The first-order chi connectivity index (χ1) is 10.4. The topological polar surface area (TPSA) is 79.8 Å². The van der Waals surface area contributed by atoms with Crippen LogP contribution in [0.5, 0.6) is 0 Å². The minimum atomic E-state index is -2.95. The number of guanidine groups is 1. The molecule has 0 amide bonds. The number of ether oxygens (including phenoxy) is 1. The van der Waals surface area contributed by atoms with E-state index in [0.29, 0.717) is 19.2 Å². The highest BCUT2D eigenvalue weighted by Crippen LogP contribution is 2.23. The molecule has 1 aliphatic rings.